The second-order valence-corrected chi connectivity index (χ2v) is 7.90. The highest BCUT2D eigenvalue weighted by molar-refractivity contribution is 9.10. The Morgan fingerprint density at radius 1 is 1.50 bits per heavy atom. The highest BCUT2D eigenvalue weighted by Crippen LogP contribution is 2.45. The van der Waals surface area contributed by atoms with Gasteiger partial charge in [-0.3, -0.25) is 4.40 Å². The lowest BCUT2D eigenvalue weighted by atomic mass is 9.74. The average Bonchev–Trinajstić information content (AvgIpc) is 2.85. The molecule has 0 spiro atoms. The third kappa shape index (κ3) is 2.57. The summed E-state index contributed by atoms with van der Waals surface area (Å²) in [7, 11) is 0. The molecule has 0 radical (unpaired) electrons. The maximum absolute atomic E-state index is 11.5. The zero-order valence-corrected chi connectivity index (χ0v) is 15.9. The molecule has 2 aromatic heterocycles. The number of carboxylic acid groups (broad SMARTS) is 1. The van der Waals surface area contributed by atoms with E-state index in [0.717, 1.165) is 0 Å². The molecule has 1 aliphatic heterocycles. The number of nitrogens with zero attached hydrogens (tertiary/aromatic N) is 4. The number of halogens is 2. The molecule has 2 aromatic rings. The topological polar surface area (TPSA) is 80.0 Å². The van der Waals surface area contributed by atoms with Gasteiger partial charge in [0.15, 0.2) is 5.15 Å². The molecule has 3 rings (SSSR count). The van der Waals surface area contributed by atoms with E-state index in [1.807, 2.05) is 25.2 Å². The van der Waals surface area contributed by atoms with Crippen molar-refractivity contribution in [3.63, 3.8) is 0 Å². The highest BCUT2D eigenvalue weighted by atomic mass is 79.9. The van der Waals surface area contributed by atoms with Crippen molar-refractivity contribution >= 4 is 39.1 Å². The number of imidazole rings is 1. The minimum Gasteiger partial charge on any atom is -0.465 e. The van der Waals surface area contributed by atoms with E-state index >= 15 is 0 Å². The summed E-state index contributed by atoms with van der Waals surface area (Å²) in [6.07, 6.45) is 2.37. The molecular weight excluding hydrogens is 400 g/mol. The van der Waals surface area contributed by atoms with Crippen molar-refractivity contribution in [3.05, 3.63) is 28.0 Å². The molecule has 7 nitrogen and oxygen atoms in total. The summed E-state index contributed by atoms with van der Waals surface area (Å²) < 4.78 is 8.55. The van der Waals surface area contributed by atoms with Gasteiger partial charge in [0.25, 0.3) is 0 Å². The number of hydrogen-bond acceptors (Lipinski definition) is 4. The Morgan fingerprint density at radius 2 is 2.21 bits per heavy atom. The Balaban J connectivity index is 2.25. The predicted molar refractivity (Wildman–Crippen MR) is 92.4 cm³/mol. The first-order chi connectivity index (χ1) is 11.2. The summed E-state index contributed by atoms with van der Waals surface area (Å²) in [4.78, 5) is 21.6. The van der Waals surface area contributed by atoms with Crippen LogP contribution in [0.2, 0.25) is 5.15 Å². The summed E-state index contributed by atoms with van der Waals surface area (Å²) in [5, 5.41) is 9.77. The van der Waals surface area contributed by atoms with E-state index in [9.17, 15) is 9.90 Å². The average molecular weight is 418 g/mol. The smallest absolute Gasteiger partial charge is 0.407 e. The van der Waals surface area contributed by atoms with Gasteiger partial charge in [-0.05, 0) is 15.9 Å². The number of hydrogen-bond donors (Lipinski definition) is 1. The highest BCUT2D eigenvalue weighted by Gasteiger charge is 2.52. The molecule has 0 saturated carbocycles. The Kier molecular flexibility index (Phi) is 4.26. The van der Waals surface area contributed by atoms with Crippen LogP contribution in [0, 0.1) is 5.41 Å². The molecule has 1 aliphatic rings. The second kappa shape index (κ2) is 5.86. The molecule has 130 valence electrons. The fraction of sp³-hybridized carbons (Fsp3) is 0.533. The zero-order valence-electron chi connectivity index (χ0n) is 13.6. The molecule has 1 fully saturated rings. The van der Waals surface area contributed by atoms with Crippen LogP contribution in [0.3, 0.4) is 0 Å². The van der Waals surface area contributed by atoms with Gasteiger partial charge in [0.1, 0.15) is 21.5 Å². The number of fused-ring (bicyclic) bond motifs is 1. The molecule has 24 heavy (non-hydrogen) atoms. The largest absolute Gasteiger partial charge is 0.465 e. The van der Waals surface area contributed by atoms with Gasteiger partial charge in [0, 0.05) is 24.4 Å². The van der Waals surface area contributed by atoms with Crippen LogP contribution in [0.5, 0.6) is 0 Å². The molecular formula is C15H18BrClN4O3. The Morgan fingerprint density at radius 3 is 2.83 bits per heavy atom. The van der Waals surface area contributed by atoms with Crippen molar-refractivity contribution in [2.24, 2.45) is 5.41 Å². The molecule has 1 N–H and O–H groups in total. The van der Waals surface area contributed by atoms with Crippen molar-refractivity contribution < 1.29 is 14.6 Å². The molecule has 0 bridgehead atoms. The lowest BCUT2D eigenvalue weighted by molar-refractivity contribution is -0.171. The van der Waals surface area contributed by atoms with Gasteiger partial charge in [0.05, 0.1) is 13.2 Å². The molecule has 9 heteroatoms. The predicted octanol–water partition coefficient (Wildman–Crippen LogP) is 3.40. The van der Waals surface area contributed by atoms with E-state index in [0.29, 0.717) is 34.2 Å². The second-order valence-electron chi connectivity index (χ2n) is 6.79. The van der Waals surface area contributed by atoms with Gasteiger partial charge in [-0.25, -0.2) is 14.8 Å². The number of rotatable bonds is 1. The van der Waals surface area contributed by atoms with Gasteiger partial charge in [-0.2, -0.15) is 0 Å². The molecule has 3 heterocycles. The van der Waals surface area contributed by atoms with Crippen LogP contribution >= 0.6 is 27.5 Å². The van der Waals surface area contributed by atoms with E-state index in [1.54, 1.807) is 12.4 Å². The first kappa shape index (κ1) is 17.4. The van der Waals surface area contributed by atoms with Crippen molar-refractivity contribution in [2.75, 3.05) is 19.7 Å². The quantitative estimate of drug-likeness (QED) is 0.769. The molecule has 1 saturated heterocycles. The van der Waals surface area contributed by atoms with Crippen LogP contribution in [0.4, 0.5) is 4.79 Å². The van der Waals surface area contributed by atoms with Crippen molar-refractivity contribution in [1.29, 1.82) is 0 Å². The molecule has 1 amide bonds. The summed E-state index contributed by atoms with van der Waals surface area (Å²) >= 11 is 9.63. The molecule has 1 unspecified atom stereocenters. The normalized spacial score (nSPS) is 22.1. The zero-order chi connectivity index (χ0) is 17.7. The van der Waals surface area contributed by atoms with Gasteiger partial charge in [0.2, 0.25) is 0 Å². The maximum atomic E-state index is 11.5. The summed E-state index contributed by atoms with van der Waals surface area (Å²) in [6.45, 7) is 6.86. The van der Waals surface area contributed by atoms with E-state index in [2.05, 4.69) is 25.9 Å². The fourth-order valence-electron chi connectivity index (χ4n) is 3.06. The monoisotopic (exact) mass is 416 g/mol. The molecule has 0 aliphatic carbocycles. The minimum absolute atomic E-state index is 0.192. The SMILES string of the molecule is CC(C)(C)C1(c2nc(Br)c3c(Cl)nccn23)CN(C(=O)O)CCO1. The maximum Gasteiger partial charge on any atom is 0.407 e. The molecule has 0 aromatic carbocycles. The fourth-order valence-corrected chi connectivity index (χ4v) is 3.96. The molecule has 1 atom stereocenters. The van der Waals surface area contributed by atoms with Gasteiger partial charge < -0.3 is 14.7 Å². The van der Waals surface area contributed by atoms with Crippen LogP contribution in [-0.4, -0.2) is 50.2 Å². The van der Waals surface area contributed by atoms with Crippen molar-refractivity contribution in [2.45, 2.75) is 26.4 Å². The summed E-state index contributed by atoms with van der Waals surface area (Å²) in [5.74, 6) is 0.604. The lowest BCUT2D eigenvalue weighted by Crippen LogP contribution is -2.58. The van der Waals surface area contributed by atoms with Crippen LogP contribution in [0.15, 0.2) is 17.0 Å². The van der Waals surface area contributed by atoms with Gasteiger partial charge in [-0.1, -0.05) is 32.4 Å². The number of carbonyl (C=O) groups is 1. The number of amides is 1. The minimum atomic E-state index is -0.966. The van der Waals surface area contributed by atoms with Crippen molar-refractivity contribution in [3.8, 4) is 0 Å². The standard InChI is InChI=1S/C15H18BrClN4O3/c1-14(2,3)15(8-20(13(22)23)6-7-24-15)12-19-10(16)9-11(17)18-4-5-21(9)12/h4-5H,6-8H2,1-3H3,(H,22,23). The van der Waals surface area contributed by atoms with Crippen LogP contribution in [0.25, 0.3) is 5.52 Å². The lowest BCUT2D eigenvalue weighted by Gasteiger charge is -2.48. The third-order valence-electron chi connectivity index (χ3n) is 4.43. The first-order valence-electron chi connectivity index (χ1n) is 7.48. The van der Waals surface area contributed by atoms with E-state index in [4.69, 9.17) is 16.3 Å². The van der Waals surface area contributed by atoms with E-state index < -0.39 is 17.1 Å². The van der Waals surface area contributed by atoms with Crippen LogP contribution in [-0.2, 0) is 10.3 Å². The van der Waals surface area contributed by atoms with Crippen LogP contribution in [0.1, 0.15) is 26.6 Å². The van der Waals surface area contributed by atoms with E-state index in [1.165, 1.54) is 4.90 Å². The Hall–Kier alpha value is -1.38. The first-order valence-corrected chi connectivity index (χ1v) is 8.65. The third-order valence-corrected chi connectivity index (χ3v) is 5.26. The van der Waals surface area contributed by atoms with Crippen molar-refractivity contribution in [1.82, 2.24) is 19.3 Å². The Labute approximate surface area is 152 Å². The van der Waals surface area contributed by atoms with Crippen LogP contribution < -0.4 is 0 Å². The van der Waals surface area contributed by atoms with Gasteiger partial charge >= 0.3 is 6.09 Å². The number of ether oxygens (including phenoxy) is 1. The Bertz CT molecular complexity index is 804. The number of morpholine rings is 1. The number of aromatic nitrogens is 3. The van der Waals surface area contributed by atoms with E-state index in [-0.39, 0.29) is 6.54 Å². The van der Waals surface area contributed by atoms with Gasteiger partial charge in [-0.15, -0.1) is 0 Å². The summed E-state index contributed by atoms with van der Waals surface area (Å²) in [6, 6.07) is 0. The summed E-state index contributed by atoms with van der Waals surface area (Å²) in [5.41, 5.74) is -0.685.